The van der Waals surface area contributed by atoms with E-state index in [1.165, 1.54) is 19.3 Å². The number of nitrogens with zero attached hydrogens (tertiary/aromatic N) is 1. The van der Waals surface area contributed by atoms with Gasteiger partial charge in [0.15, 0.2) is 11.7 Å². The molecular weight excluding hydrogens is 178 g/mol. The molecule has 0 aliphatic heterocycles. The topological polar surface area (TPSA) is 3.88 Å². The molecule has 1 nitrogen and oxygen atoms in total. The van der Waals surface area contributed by atoms with Gasteiger partial charge in [0.25, 0.3) is 0 Å². The predicted octanol–water partition coefficient (Wildman–Crippen LogP) is 3.06. The van der Waals surface area contributed by atoms with Crippen LogP contribution in [0.2, 0.25) is 0 Å². The molecule has 1 aliphatic carbocycles. The van der Waals surface area contributed by atoms with Crippen molar-refractivity contribution < 1.29 is 4.57 Å². The molecule has 1 saturated carbocycles. The molecule has 0 radical (unpaired) electrons. The standard InChI is InChI=1S/C11H18NS/c1-11(2,3)12-7-10(13-8-12)9-5-4-6-9/h7-9H,4-6H2,1-3H3/q+1. The highest BCUT2D eigenvalue weighted by molar-refractivity contribution is 7.09. The molecule has 0 amide bonds. The van der Waals surface area contributed by atoms with Crippen LogP contribution in [0.3, 0.4) is 0 Å². The molecule has 0 bridgehead atoms. The van der Waals surface area contributed by atoms with Gasteiger partial charge in [0.05, 0.1) is 4.88 Å². The van der Waals surface area contributed by atoms with Gasteiger partial charge in [-0.15, -0.1) is 0 Å². The first kappa shape index (κ1) is 9.20. The third kappa shape index (κ3) is 1.78. The number of hydrogen-bond acceptors (Lipinski definition) is 1. The van der Waals surface area contributed by atoms with E-state index < -0.39 is 0 Å². The van der Waals surface area contributed by atoms with Gasteiger partial charge in [-0.3, -0.25) is 0 Å². The molecular formula is C11H18NS+. The van der Waals surface area contributed by atoms with Crippen molar-refractivity contribution in [1.29, 1.82) is 0 Å². The molecule has 13 heavy (non-hydrogen) atoms. The second-order valence-electron chi connectivity index (χ2n) is 4.96. The molecule has 0 atom stereocenters. The Morgan fingerprint density at radius 1 is 1.38 bits per heavy atom. The minimum atomic E-state index is 0.249. The molecule has 2 rings (SSSR count). The van der Waals surface area contributed by atoms with E-state index in [4.69, 9.17) is 0 Å². The van der Waals surface area contributed by atoms with E-state index in [1.54, 1.807) is 4.88 Å². The van der Waals surface area contributed by atoms with Crippen molar-refractivity contribution in [2.24, 2.45) is 0 Å². The lowest BCUT2D eigenvalue weighted by Crippen LogP contribution is -2.48. The Morgan fingerprint density at radius 2 is 2.08 bits per heavy atom. The summed E-state index contributed by atoms with van der Waals surface area (Å²) in [6.45, 7) is 6.76. The molecule has 1 aromatic heterocycles. The van der Waals surface area contributed by atoms with Gasteiger partial charge < -0.3 is 0 Å². The Bertz CT molecular complexity index is 291. The number of thiazole rings is 1. The quantitative estimate of drug-likeness (QED) is 0.608. The molecule has 0 saturated heterocycles. The van der Waals surface area contributed by atoms with Crippen molar-refractivity contribution in [1.82, 2.24) is 0 Å². The van der Waals surface area contributed by atoms with Gasteiger partial charge in [-0.2, -0.15) is 4.57 Å². The maximum Gasteiger partial charge on any atom is 0.225 e. The zero-order valence-corrected chi connectivity index (χ0v) is 9.53. The summed E-state index contributed by atoms with van der Waals surface area (Å²) in [4.78, 5) is 1.58. The van der Waals surface area contributed by atoms with Crippen molar-refractivity contribution in [3.63, 3.8) is 0 Å². The van der Waals surface area contributed by atoms with Crippen LogP contribution in [0, 0.1) is 0 Å². The van der Waals surface area contributed by atoms with Crippen LogP contribution in [0.1, 0.15) is 50.8 Å². The lowest BCUT2D eigenvalue weighted by molar-refractivity contribution is -0.750. The third-order valence-electron chi connectivity index (χ3n) is 2.85. The number of hydrogen-bond donors (Lipinski definition) is 0. The Hall–Kier alpha value is -0.370. The number of aromatic nitrogens is 1. The minimum absolute atomic E-state index is 0.249. The van der Waals surface area contributed by atoms with Crippen molar-refractivity contribution in [2.45, 2.75) is 51.5 Å². The zero-order valence-electron chi connectivity index (χ0n) is 8.71. The molecule has 72 valence electrons. The van der Waals surface area contributed by atoms with Crippen LogP contribution < -0.4 is 4.57 Å². The van der Waals surface area contributed by atoms with Crippen molar-refractivity contribution >= 4 is 11.3 Å². The lowest BCUT2D eigenvalue weighted by Gasteiger charge is -2.22. The van der Waals surface area contributed by atoms with Crippen molar-refractivity contribution in [3.05, 3.63) is 16.6 Å². The molecule has 0 aromatic carbocycles. The average Bonchev–Trinajstić information content (AvgIpc) is 2.29. The summed E-state index contributed by atoms with van der Waals surface area (Å²) in [6.07, 6.45) is 6.59. The third-order valence-corrected chi connectivity index (χ3v) is 3.89. The summed E-state index contributed by atoms with van der Waals surface area (Å²) in [6, 6.07) is 0. The summed E-state index contributed by atoms with van der Waals surface area (Å²) in [5.41, 5.74) is 2.51. The molecule has 1 aromatic rings. The summed E-state index contributed by atoms with van der Waals surface area (Å²) >= 11 is 1.92. The van der Waals surface area contributed by atoms with E-state index >= 15 is 0 Å². The Balaban J connectivity index is 2.17. The predicted molar refractivity (Wildman–Crippen MR) is 56.1 cm³/mol. The van der Waals surface area contributed by atoms with Crippen LogP contribution in [0.5, 0.6) is 0 Å². The van der Waals surface area contributed by atoms with Gasteiger partial charge in [-0.25, -0.2) is 0 Å². The van der Waals surface area contributed by atoms with E-state index in [2.05, 4.69) is 37.0 Å². The van der Waals surface area contributed by atoms with Crippen LogP contribution in [0.4, 0.5) is 0 Å². The molecule has 2 heteroatoms. The van der Waals surface area contributed by atoms with Gasteiger partial charge in [0, 0.05) is 20.8 Å². The van der Waals surface area contributed by atoms with Gasteiger partial charge >= 0.3 is 0 Å². The van der Waals surface area contributed by atoms with Gasteiger partial charge in [-0.1, -0.05) is 17.8 Å². The van der Waals surface area contributed by atoms with Gasteiger partial charge in [0.2, 0.25) is 5.51 Å². The first-order chi connectivity index (χ1) is 6.07. The lowest BCUT2D eigenvalue weighted by atomic mass is 9.85. The SMILES string of the molecule is CC(C)(C)[n+]1csc(C2CCC2)c1. The van der Waals surface area contributed by atoms with E-state index in [1.807, 2.05) is 11.3 Å². The Morgan fingerprint density at radius 3 is 2.46 bits per heavy atom. The maximum absolute atomic E-state index is 2.34. The second-order valence-corrected chi connectivity index (χ2v) is 5.88. The summed E-state index contributed by atoms with van der Waals surface area (Å²) < 4.78 is 2.34. The van der Waals surface area contributed by atoms with Gasteiger partial charge in [0.1, 0.15) is 0 Å². The molecule has 0 N–H and O–H groups in total. The van der Waals surface area contributed by atoms with Crippen molar-refractivity contribution in [2.75, 3.05) is 0 Å². The minimum Gasteiger partial charge on any atom is -0.191 e. The largest absolute Gasteiger partial charge is 0.225 e. The average molecular weight is 196 g/mol. The van der Waals surface area contributed by atoms with Crippen LogP contribution in [-0.4, -0.2) is 0 Å². The zero-order chi connectivity index (χ0) is 9.47. The van der Waals surface area contributed by atoms with E-state index in [-0.39, 0.29) is 5.54 Å². The first-order valence-corrected chi connectivity index (χ1v) is 5.95. The van der Waals surface area contributed by atoms with E-state index in [0.717, 1.165) is 5.92 Å². The Labute approximate surface area is 84.4 Å². The summed E-state index contributed by atoms with van der Waals surface area (Å²) in [7, 11) is 0. The fourth-order valence-corrected chi connectivity index (χ4v) is 2.78. The fraction of sp³-hybridized carbons (Fsp3) is 0.727. The molecule has 1 heterocycles. The van der Waals surface area contributed by atoms with E-state index in [9.17, 15) is 0 Å². The van der Waals surface area contributed by atoms with Crippen LogP contribution >= 0.6 is 11.3 Å². The van der Waals surface area contributed by atoms with Crippen molar-refractivity contribution in [3.8, 4) is 0 Å². The van der Waals surface area contributed by atoms with Crippen LogP contribution in [0.15, 0.2) is 11.7 Å². The highest BCUT2D eigenvalue weighted by atomic mass is 32.1. The molecule has 1 fully saturated rings. The highest BCUT2D eigenvalue weighted by Gasteiger charge is 2.28. The van der Waals surface area contributed by atoms with Crippen LogP contribution in [-0.2, 0) is 5.54 Å². The van der Waals surface area contributed by atoms with E-state index in [0.29, 0.717) is 0 Å². The second kappa shape index (κ2) is 3.09. The summed E-state index contributed by atoms with van der Waals surface area (Å²) in [5.74, 6) is 0.883. The summed E-state index contributed by atoms with van der Waals surface area (Å²) in [5, 5.41) is 0. The number of rotatable bonds is 1. The van der Waals surface area contributed by atoms with Crippen LogP contribution in [0.25, 0.3) is 0 Å². The smallest absolute Gasteiger partial charge is 0.191 e. The van der Waals surface area contributed by atoms with Gasteiger partial charge in [-0.05, 0) is 18.8 Å². The first-order valence-electron chi connectivity index (χ1n) is 5.07. The Kier molecular flexibility index (Phi) is 2.18. The maximum atomic E-state index is 2.34. The monoisotopic (exact) mass is 196 g/mol. The normalized spacial score (nSPS) is 18.7. The highest BCUT2D eigenvalue weighted by Crippen LogP contribution is 2.37. The molecule has 0 spiro atoms. The molecule has 1 aliphatic rings. The molecule has 0 unspecified atom stereocenters. The fourth-order valence-electron chi connectivity index (χ4n) is 1.56.